The molecule has 2 aromatic carbocycles. The fourth-order valence-electron chi connectivity index (χ4n) is 3.80. The standard InChI is InChI=1S/C21H17F5N2/c22-15-4-1-5-16(23)14(15)12-28-9-3-8-27-7-2-6-20(27)21(28)13-10-18(25)19(26)11-17(13)24/h1-2,4-7,10-11,21H,3,8-9,12H2. The first-order chi connectivity index (χ1) is 13.5. The van der Waals surface area contributed by atoms with E-state index in [0.29, 0.717) is 31.3 Å². The molecule has 1 unspecified atom stereocenters. The summed E-state index contributed by atoms with van der Waals surface area (Å²) in [5.74, 6) is -4.77. The van der Waals surface area contributed by atoms with Crippen LogP contribution in [0, 0.1) is 29.1 Å². The van der Waals surface area contributed by atoms with E-state index < -0.39 is 35.1 Å². The molecule has 2 heterocycles. The van der Waals surface area contributed by atoms with Gasteiger partial charge < -0.3 is 4.57 Å². The van der Waals surface area contributed by atoms with Gasteiger partial charge in [-0.2, -0.15) is 0 Å². The Bertz CT molecular complexity index is 994. The van der Waals surface area contributed by atoms with Gasteiger partial charge in [-0.3, -0.25) is 4.90 Å². The molecule has 0 bridgehead atoms. The molecule has 1 aliphatic rings. The maximum absolute atomic E-state index is 14.6. The second-order valence-corrected chi connectivity index (χ2v) is 6.84. The van der Waals surface area contributed by atoms with Gasteiger partial charge in [-0.25, -0.2) is 22.0 Å². The van der Waals surface area contributed by atoms with Gasteiger partial charge in [0, 0.05) is 48.7 Å². The minimum absolute atomic E-state index is 0.0718. The smallest absolute Gasteiger partial charge is 0.161 e. The molecule has 0 amide bonds. The Morgan fingerprint density at radius 3 is 2.25 bits per heavy atom. The largest absolute Gasteiger partial charge is 0.350 e. The van der Waals surface area contributed by atoms with Crippen LogP contribution in [0.1, 0.15) is 29.3 Å². The van der Waals surface area contributed by atoms with Crippen LogP contribution in [0.3, 0.4) is 0 Å². The molecular weight excluding hydrogens is 375 g/mol. The maximum Gasteiger partial charge on any atom is 0.161 e. The molecule has 28 heavy (non-hydrogen) atoms. The highest BCUT2D eigenvalue weighted by Crippen LogP contribution is 2.35. The summed E-state index contributed by atoms with van der Waals surface area (Å²) in [7, 11) is 0. The SMILES string of the molecule is Fc1cc(F)c(C2c3cccn3CCCN2Cc2c(F)cccc2F)cc1F. The number of fused-ring (bicyclic) bond motifs is 1. The predicted molar refractivity (Wildman–Crippen MR) is 94.0 cm³/mol. The fraction of sp³-hybridized carbons (Fsp3) is 0.238. The molecule has 146 valence electrons. The van der Waals surface area contributed by atoms with Gasteiger partial charge in [0.2, 0.25) is 0 Å². The molecule has 0 radical (unpaired) electrons. The van der Waals surface area contributed by atoms with Crippen LogP contribution in [-0.4, -0.2) is 16.0 Å². The van der Waals surface area contributed by atoms with Crippen LogP contribution in [0.25, 0.3) is 0 Å². The monoisotopic (exact) mass is 392 g/mol. The Balaban J connectivity index is 1.84. The Hall–Kier alpha value is -2.67. The summed E-state index contributed by atoms with van der Waals surface area (Å²) >= 11 is 0. The highest BCUT2D eigenvalue weighted by molar-refractivity contribution is 5.32. The zero-order valence-electron chi connectivity index (χ0n) is 14.8. The minimum Gasteiger partial charge on any atom is -0.350 e. The molecule has 2 nitrogen and oxygen atoms in total. The number of halogens is 5. The molecule has 0 aliphatic carbocycles. The van der Waals surface area contributed by atoms with Crippen LogP contribution in [-0.2, 0) is 13.1 Å². The first kappa shape index (κ1) is 18.7. The lowest BCUT2D eigenvalue weighted by Gasteiger charge is -2.31. The number of hydrogen-bond acceptors (Lipinski definition) is 1. The van der Waals surface area contributed by atoms with Crippen molar-refractivity contribution in [1.82, 2.24) is 9.47 Å². The summed E-state index contributed by atoms with van der Waals surface area (Å²) in [6.45, 7) is 0.895. The molecule has 0 N–H and O–H groups in total. The van der Waals surface area contributed by atoms with E-state index in [4.69, 9.17) is 0 Å². The van der Waals surface area contributed by atoms with Crippen LogP contribution in [0.5, 0.6) is 0 Å². The molecule has 7 heteroatoms. The van der Waals surface area contributed by atoms with Crippen molar-refractivity contribution >= 4 is 0 Å². The third-order valence-corrected chi connectivity index (χ3v) is 5.11. The lowest BCUT2D eigenvalue weighted by atomic mass is 9.99. The molecular formula is C21H17F5N2. The first-order valence-corrected chi connectivity index (χ1v) is 8.92. The Kier molecular flexibility index (Phi) is 4.93. The van der Waals surface area contributed by atoms with Gasteiger partial charge in [-0.15, -0.1) is 0 Å². The molecule has 0 spiro atoms. The number of aryl methyl sites for hydroxylation is 1. The van der Waals surface area contributed by atoms with E-state index in [0.717, 1.165) is 18.2 Å². The number of aromatic nitrogens is 1. The number of nitrogens with zero attached hydrogens (tertiary/aromatic N) is 2. The first-order valence-electron chi connectivity index (χ1n) is 8.92. The summed E-state index contributed by atoms with van der Waals surface area (Å²) in [5, 5.41) is 0. The Morgan fingerprint density at radius 1 is 0.786 bits per heavy atom. The van der Waals surface area contributed by atoms with Crippen molar-refractivity contribution in [1.29, 1.82) is 0 Å². The van der Waals surface area contributed by atoms with Crippen molar-refractivity contribution in [3.8, 4) is 0 Å². The van der Waals surface area contributed by atoms with Crippen molar-refractivity contribution < 1.29 is 22.0 Å². The number of rotatable bonds is 3. The molecule has 0 saturated heterocycles. The van der Waals surface area contributed by atoms with E-state index in [9.17, 15) is 22.0 Å². The molecule has 3 aromatic rings. The highest BCUT2D eigenvalue weighted by Gasteiger charge is 2.31. The molecule has 0 saturated carbocycles. The topological polar surface area (TPSA) is 8.17 Å². The third kappa shape index (κ3) is 3.30. The van der Waals surface area contributed by atoms with Gasteiger partial charge in [-0.05, 0) is 36.8 Å². The minimum atomic E-state index is -1.28. The van der Waals surface area contributed by atoms with Crippen molar-refractivity contribution in [3.63, 3.8) is 0 Å². The van der Waals surface area contributed by atoms with Crippen LogP contribution in [0.4, 0.5) is 22.0 Å². The van der Waals surface area contributed by atoms with E-state index in [-0.39, 0.29) is 17.7 Å². The van der Waals surface area contributed by atoms with E-state index in [1.165, 1.54) is 6.07 Å². The summed E-state index contributed by atoms with van der Waals surface area (Å²) in [6, 6.07) is 7.63. The van der Waals surface area contributed by atoms with Crippen molar-refractivity contribution in [3.05, 3.63) is 94.6 Å². The lowest BCUT2D eigenvalue weighted by Crippen LogP contribution is -2.31. The third-order valence-electron chi connectivity index (χ3n) is 5.11. The van der Waals surface area contributed by atoms with Gasteiger partial charge >= 0.3 is 0 Å². The van der Waals surface area contributed by atoms with E-state index in [1.807, 2.05) is 10.8 Å². The summed E-state index contributed by atoms with van der Waals surface area (Å²) in [6.07, 6.45) is 2.47. The van der Waals surface area contributed by atoms with Crippen LogP contribution >= 0.6 is 0 Å². The molecule has 1 aliphatic heterocycles. The van der Waals surface area contributed by atoms with Gasteiger partial charge in [0.1, 0.15) is 17.5 Å². The zero-order chi connectivity index (χ0) is 19.8. The van der Waals surface area contributed by atoms with Crippen molar-refractivity contribution in [2.45, 2.75) is 25.6 Å². The molecule has 1 atom stereocenters. The summed E-state index contributed by atoms with van der Waals surface area (Å²) in [4.78, 5) is 1.69. The van der Waals surface area contributed by atoms with Gasteiger partial charge in [0.05, 0.1) is 6.04 Å². The van der Waals surface area contributed by atoms with Crippen LogP contribution in [0.15, 0.2) is 48.7 Å². The van der Waals surface area contributed by atoms with E-state index in [2.05, 4.69) is 0 Å². The lowest BCUT2D eigenvalue weighted by molar-refractivity contribution is 0.210. The van der Waals surface area contributed by atoms with E-state index >= 15 is 0 Å². The Morgan fingerprint density at radius 2 is 1.50 bits per heavy atom. The predicted octanol–water partition coefficient (Wildman–Crippen LogP) is 5.18. The molecule has 1 aromatic heterocycles. The van der Waals surface area contributed by atoms with Crippen molar-refractivity contribution in [2.24, 2.45) is 0 Å². The number of benzene rings is 2. The maximum atomic E-state index is 14.6. The van der Waals surface area contributed by atoms with Gasteiger partial charge in [0.25, 0.3) is 0 Å². The second-order valence-electron chi connectivity index (χ2n) is 6.84. The zero-order valence-corrected chi connectivity index (χ0v) is 14.8. The second kappa shape index (κ2) is 7.39. The van der Waals surface area contributed by atoms with Gasteiger partial charge in [-0.1, -0.05) is 6.07 Å². The average molecular weight is 392 g/mol. The number of hydrogen-bond donors (Lipinski definition) is 0. The summed E-state index contributed by atoms with van der Waals surface area (Å²) in [5.41, 5.74) is 0.437. The normalized spacial score (nSPS) is 17.4. The fourth-order valence-corrected chi connectivity index (χ4v) is 3.80. The van der Waals surface area contributed by atoms with E-state index in [1.54, 1.807) is 17.0 Å². The van der Waals surface area contributed by atoms with Crippen LogP contribution in [0.2, 0.25) is 0 Å². The highest BCUT2D eigenvalue weighted by atomic mass is 19.2. The Labute approximate surface area is 158 Å². The average Bonchev–Trinajstić information content (AvgIpc) is 3.03. The molecule has 0 fully saturated rings. The van der Waals surface area contributed by atoms with Gasteiger partial charge in [0.15, 0.2) is 11.6 Å². The summed E-state index contributed by atoms with van der Waals surface area (Å²) < 4.78 is 72.3. The van der Waals surface area contributed by atoms with Crippen molar-refractivity contribution in [2.75, 3.05) is 6.54 Å². The quantitative estimate of drug-likeness (QED) is 0.441. The molecule has 4 rings (SSSR count). The van der Waals surface area contributed by atoms with Crippen LogP contribution < -0.4 is 0 Å².